The van der Waals surface area contributed by atoms with Crippen molar-refractivity contribution >= 4 is 11.8 Å². The van der Waals surface area contributed by atoms with E-state index in [1.165, 1.54) is 17.7 Å². The molecule has 1 fully saturated rings. The molecule has 3 nitrogen and oxygen atoms in total. The number of hydrogen-bond donors (Lipinski definition) is 1. The second kappa shape index (κ2) is 4.55. The molecule has 86 valence electrons. The number of ether oxygens (including phenoxy) is 2. The average molecular weight is 237 g/mol. The third-order valence-electron chi connectivity index (χ3n) is 2.93. The van der Waals surface area contributed by atoms with Crippen molar-refractivity contribution in [2.45, 2.75) is 23.0 Å². The van der Waals surface area contributed by atoms with Crippen molar-refractivity contribution in [2.24, 2.45) is 0 Å². The van der Waals surface area contributed by atoms with Crippen molar-refractivity contribution in [3.05, 3.63) is 18.2 Å². The maximum Gasteiger partial charge on any atom is 0.231 e. The minimum absolute atomic E-state index is 0.358. The van der Waals surface area contributed by atoms with Crippen LogP contribution >= 0.6 is 11.8 Å². The third-order valence-corrected chi connectivity index (χ3v) is 4.26. The zero-order valence-electron chi connectivity index (χ0n) is 9.07. The summed E-state index contributed by atoms with van der Waals surface area (Å²) in [6.07, 6.45) is 2.50. The summed E-state index contributed by atoms with van der Waals surface area (Å²) in [7, 11) is 0. The molecular formula is C12H15NO2S. The summed E-state index contributed by atoms with van der Waals surface area (Å²) < 4.78 is 10.7. The van der Waals surface area contributed by atoms with E-state index in [0.717, 1.165) is 29.8 Å². The number of nitrogens with one attached hydrogen (secondary N) is 1. The van der Waals surface area contributed by atoms with E-state index < -0.39 is 0 Å². The molecule has 0 amide bonds. The number of benzene rings is 1. The van der Waals surface area contributed by atoms with Crippen molar-refractivity contribution in [3.63, 3.8) is 0 Å². The molecule has 0 aromatic heterocycles. The van der Waals surface area contributed by atoms with Gasteiger partial charge in [0, 0.05) is 10.1 Å². The standard InChI is InChI=1S/C12H15NO2S/c1-2-11-12(15-8-14-11)7-10(1)16-9-3-5-13-6-4-9/h1-2,7,9,13H,3-6,8H2. The first-order valence-corrected chi connectivity index (χ1v) is 6.57. The van der Waals surface area contributed by atoms with Crippen LogP contribution in [0.15, 0.2) is 23.1 Å². The lowest BCUT2D eigenvalue weighted by molar-refractivity contribution is 0.174. The van der Waals surface area contributed by atoms with Crippen LogP contribution in [-0.4, -0.2) is 25.1 Å². The Morgan fingerprint density at radius 1 is 1.12 bits per heavy atom. The highest BCUT2D eigenvalue weighted by molar-refractivity contribution is 8.00. The van der Waals surface area contributed by atoms with Gasteiger partial charge >= 0.3 is 0 Å². The first-order chi connectivity index (χ1) is 7.92. The Bertz CT molecular complexity index is 377. The van der Waals surface area contributed by atoms with E-state index in [0.29, 0.717) is 6.79 Å². The minimum Gasteiger partial charge on any atom is -0.454 e. The van der Waals surface area contributed by atoms with Gasteiger partial charge in [0.2, 0.25) is 6.79 Å². The first kappa shape index (κ1) is 10.3. The van der Waals surface area contributed by atoms with Gasteiger partial charge in [0.25, 0.3) is 0 Å². The summed E-state index contributed by atoms with van der Waals surface area (Å²) in [5.41, 5.74) is 0. The summed E-state index contributed by atoms with van der Waals surface area (Å²) in [5, 5.41) is 4.12. The van der Waals surface area contributed by atoms with Crippen molar-refractivity contribution in [1.82, 2.24) is 5.32 Å². The van der Waals surface area contributed by atoms with Crippen LogP contribution in [0.25, 0.3) is 0 Å². The Morgan fingerprint density at radius 3 is 2.81 bits per heavy atom. The molecule has 2 aliphatic rings. The van der Waals surface area contributed by atoms with Crippen LogP contribution in [0.5, 0.6) is 11.5 Å². The lowest BCUT2D eigenvalue weighted by Gasteiger charge is -2.21. The van der Waals surface area contributed by atoms with Crippen LogP contribution in [0.3, 0.4) is 0 Å². The van der Waals surface area contributed by atoms with Gasteiger partial charge in [-0.1, -0.05) is 0 Å². The fourth-order valence-electron chi connectivity index (χ4n) is 2.06. The van der Waals surface area contributed by atoms with Crippen molar-refractivity contribution in [2.75, 3.05) is 19.9 Å². The maximum atomic E-state index is 5.38. The normalized spacial score (nSPS) is 20.0. The van der Waals surface area contributed by atoms with Crippen LogP contribution in [0.4, 0.5) is 0 Å². The maximum absolute atomic E-state index is 5.38. The number of piperidine rings is 1. The highest BCUT2D eigenvalue weighted by Gasteiger charge is 2.17. The van der Waals surface area contributed by atoms with Gasteiger partial charge in [-0.05, 0) is 44.1 Å². The Morgan fingerprint density at radius 2 is 1.94 bits per heavy atom. The molecule has 1 aromatic rings. The largest absolute Gasteiger partial charge is 0.454 e. The quantitative estimate of drug-likeness (QED) is 0.854. The monoisotopic (exact) mass is 237 g/mol. The van der Waals surface area contributed by atoms with Gasteiger partial charge in [-0.2, -0.15) is 0 Å². The summed E-state index contributed by atoms with van der Waals surface area (Å²) in [6.45, 7) is 2.64. The smallest absolute Gasteiger partial charge is 0.231 e. The Hall–Kier alpha value is -0.870. The Balaban J connectivity index is 1.69. The molecule has 4 heteroatoms. The highest BCUT2D eigenvalue weighted by Crippen LogP contribution is 2.37. The van der Waals surface area contributed by atoms with Crippen molar-refractivity contribution in [3.8, 4) is 11.5 Å². The zero-order valence-corrected chi connectivity index (χ0v) is 9.89. The van der Waals surface area contributed by atoms with Gasteiger partial charge in [-0.15, -0.1) is 11.8 Å². The van der Waals surface area contributed by atoms with Gasteiger partial charge in [0.15, 0.2) is 11.5 Å². The molecule has 0 spiro atoms. The third kappa shape index (κ3) is 2.13. The van der Waals surface area contributed by atoms with Crippen LogP contribution in [0, 0.1) is 0 Å². The predicted molar refractivity (Wildman–Crippen MR) is 64.3 cm³/mol. The van der Waals surface area contributed by atoms with E-state index in [9.17, 15) is 0 Å². The van der Waals surface area contributed by atoms with Crippen LogP contribution in [0.1, 0.15) is 12.8 Å². The first-order valence-electron chi connectivity index (χ1n) is 5.69. The van der Waals surface area contributed by atoms with E-state index in [-0.39, 0.29) is 0 Å². The number of thioether (sulfide) groups is 1. The van der Waals surface area contributed by atoms with E-state index >= 15 is 0 Å². The summed E-state index contributed by atoms with van der Waals surface area (Å²) in [5.74, 6) is 1.76. The molecule has 2 aliphatic heterocycles. The molecule has 1 saturated heterocycles. The molecule has 0 radical (unpaired) electrons. The van der Waals surface area contributed by atoms with Gasteiger partial charge in [0.1, 0.15) is 0 Å². The molecule has 0 atom stereocenters. The summed E-state index contributed by atoms with van der Waals surface area (Å²) >= 11 is 1.95. The molecule has 0 bridgehead atoms. The molecule has 0 aliphatic carbocycles. The molecule has 16 heavy (non-hydrogen) atoms. The SMILES string of the molecule is c1cc2c(cc1SC1CCNCC1)OCO2. The van der Waals surface area contributed by atoms with Crippen LogP contribution < -0.4 is 14.8 Å². The van der Waals surface area contributed by atoms with Gasteiger partial charge in [0.05, 0.1) is 0 Å². The molecule has 0 saturated carbocycles. The summed E-state index contributed by atoms with van der Waals surface area (Å²) in [4.78, 5) is 1.29. The van der Waals surface area contributed by atoms with E-state index in [1.54, 1.807) is 0 Å². The topological polar surface area (TPSA) is 30.5 Å². The average Bonchev–Trinajstić information content (AvgIpc) is 2.77. The Labute approximate surface area is 99.5 Å². The lowest BCUT2D eigenvalue weighted by Crippen LogP contribution is -2.29. The zero-order chi connectivity index (χ0) is 10.8. The molecule has 1 N–H and O–H groups in total. The fraction of sp³-hybridized carbons (Fsp3) is 0.500. The highest BCUT2D eigenvalue weighted by atomic mass is 32.2. The summed E-state index contributed by atoms with van der Waals surface area (Å²) in [6, 6.07) is 6.22. The molecule has 1 aromatic carbocycles. The number of rotatable bonds is 2. The minimum atomic E-state index is 0.358. The van der Waals surface area contributed by atoms with E-state index in [1.807, 2.05) is 17.8 Å². The fourth-order valence-corrected chi connectivity index (χ4v) is 3.23. The van der Waals surface area contributed by atoms with Gasteiger partial charge in [-0.3, -0.25) is 0 Å². The molecular weight excluding hydrogens is 222 g/mol. The second-order valence-electron chi connectivity index (χ2n) is 4.08. The van der Waals surface area contributed by atoms with E-state index in [2.05, 4.69) is 17.4 Å². The number of hydrogen-bond acceptors (Lipinski definition) is 4. The van der Waals surface area contributed by atoms with Crippen LogP contribution in [0.2, 0.25) is 0 Å². The second-order valence-corrected chi connectivity index (χ2v) is 5.46. The van der Waals surface area contributed by atoms with Crippen LogP contribution in [-0.2, 0) is 0 Å². The Kier molecular flexibility index (Phi) is 2.93. The molecule has 2 heterocycles. The van der Waals surface area contributed by atoms with Gasteiger partial charge < -0.3 is 14.8 Å². The lowest BCUT2D eigenvalue weighted by atomic mass is 10.2. The number of fused-ring (bicyclic) bond motifs is 1. The van der Waals surface area contributed by atoms with Gasteiger partial charge in [-0.25, -0.2) is 0 Å². The molecule has 3 rings (SSSR count). The molecule has 0 unspecified atom stereocenters. The van der Waals surface area contributed by atoms with Crippen molar-refractivity contribution < 1.29 is 9.47 Å². The van der Waals surface area contributed by atoms with E-state index in [4.69, 9.17) is 9.47 Å². The predicted octanol–water partition coefficient (Wildman–Crippen LogP) is 2.26. The van der Waals surface area contributed by atoms with Crippen molar-refractivity contribution in [1.29, 1.82) is 0 Å².